The molecule has 0 bridgehead atoms. The summed E-state index contributed by atoms with van der Waals surface area (Å²) in [6, 6.07) is 12.8. The van der Waals surface area contributed by atoms with Crippen LogP contribution in [0.5, 0.6) is 5.75 Å². The van der Waals surface area contributed by atoms with Crippen molar-refractivity contribution in [3.63, 3.8) is 0 Å². The molecule has 27 heavy (non-hydrogen) atoms. The summed E-state index contributed by atoms with van der Waals surface area (Å²) in [6.45, 7) is 3.92. The minimum Gasteiger partial charge on any atom is -0.497 e. The van der Waals surface area contributed by atoms with Crippen LogP contribution in [0.25, 0.3) is 0 Å². The molecule has 3 aromatic rings. The van der Waals surface area contributed by atoms with E-state index < -0.39 is 4.92 Å². The lowest BCUT2D eigenvalue weighted by atomic mass is 10.1. The van der Waals surface area contributed by atoms with Crippen molar-refractivity contribution in [2.45, 2.75) is 13.8 Å². The summed E-state index contributed by atoms with van der Waals surface area (Å²) >= 11 is 0. The van der Waals surface area contributed by atoms with Crippen molar-refractivity contribution >= 4 is 28.7 Å². The van der Waals surface area contributed by atoms with Crippen molar-refractivity contribution < 1.29 is 9.66 Å². The summed E-state index contributed by atoms with van der Waals surface area (Å²) in [5, 5.41) is 17.7. The Bertz CT molecular complexity index is 953. The van der Waals surface area contributed by atoms with E-state index in [2.05, 4.69) is 20.6 Å². The maximum atomic E-state index is 11.7. The maximum Gasteiger partial charge on any atom is 0.353 e. The largest absolute Gasteiger partial charge is 0.497 e. The second-order valence-electron chi connectivity index (χ2n) is 6.03. The lowest BCUT2D eigenvalue weighted by molar-refractivity contribution is -0.383. The second kappa shape index (κ2) is 7.69. The Morgan fingerprint density at radius 2 is 1.48 bits per heavy atom. The first-order valence-electron chi connectivity index (χ1n) is 8.22. The first-order chi connectivity index (χ1) is 13.0. The molecule has 1 heterocycles. The van der Waals surface area contributed by atoms with Crippen LogP contribution in [0.4, 0.5) is 28.7 Å². The van der Waals surface area contributed by atoms with Gasteiger partial charge in [0.2, 0.25) is 11.6 Å². The number of hydrogen-bond acceptors (Lipinski definition) is 7. The monoisotopic (exact) mass is 365 g/mol. The fourth-order valence-corrected chi connectivity index (χ4v) is 2.73. The van der Waals surface area contributed by atoms with Crippen LogP contribution in [0.3, 0.4) is 0 Å². The summed E-state index contributed by atoms with van der Waals surface area (Å²) in [6.07, 6.45) is 1.28. The maximum absolute atomic E-state index is 11.7. The van der Waals surface area contributed by atoms with Crippen LogP contribution in [0.1, 0.15) is 11.1 Å². The lowest BCUT2D eigenvalue weighted by Crippen LogP contribution is -2.05. The van der Waals surface area contributed by atoms with Gasteiger partial charge in [-0.2, -0.15) is 0 Å². The van der Waals surface area contributed by atoms with Gasteiger partial charge in [0.05, 0.1) is 12.0 Å². The van der Waals surface area contributed by atoms with Gasteiger partial charge in [0.15, 0.2) is 0 Å². The molecule has 2 aromatic carbocycles. The number of ether oxygens (including phenoxy) is 1. The van der Waals surface area contributed by atoms with E-state index >= 15 is 0 Å². The van der Waals surface area contributed by atoms with E-state index in [0.29, 0.717) is 11.4 Å². The number of aryl methyl sites for hydroxylation is 2. The molecule has 0 saturated carbocycles. The van der Waals surface area contributed by atoms with Gasteiger partial charge in [-0.25, -0.2) is 9.97 Å². The normalized spacial score (nSPS) is 10.3. The quantitative estimate of drug-likeness (QED) is 0.490. The second-order valence-corrected chi connectivity index (χ2v) is 6.03. The van der Waals surface area contributed by atoms with E-state index in [0.717, 1.165) is 16.8 Å². The Morgan fingerprint density at radius 3 is 2.00 bits per heavy atom. The minimum absolute atomic E-state index is 0.104. The fraction of sp³-hybridized carbons (Fsp3) is 0.158. The Balaban J connectivity index is 1.95. The minimum atomic E-state index is -0.503. The van der Waals surface area contributed by atoms with Crippen LogP contribution >= 0.6 is 0 Å². The SMILES string of the molecule is COc1ccc(Nc2ncnc(Nc3cc(C)cc(C)c3)c2[N+](=O)[O-])cc1. The van der Waals surface area contributed by atoms with Crippen molar-refractivity contribution in [1.29, 1.82) is 0 Å². The molecule has 138 valence electrons. The molecule has 0 radical (unpaired) electrons. The highest BCUT2D eigenvalue weighted by atomic mass is 16.6. The molecule has 0 aliphatic heterocycles. The predicted molar refractivity (Wildman–Crippen MR) is 104 cm³/mol. The third-order valence-electron chi connectivity index (χ3n) is 3.84. The number of benzene rings is 2. The molecule has 0 fully saturated rings. The first-order valence-corrected chi connectivity index (χ1v) is 8.22. The van der Waals surface area contributed by atoms with Crippen LogP contribution in [0.15, 0.2) is 48.8 Å². The summed E-state index contributed by atoms with van der Waals surface area (Å²) in [5.41, 5.74) is 3.24. The number of nitro groups is 1. The molecule has 0 aliphatic rings. The number of nitrogens with zero attached hydrogens (tertiary/aromatic N) is 3. The van der Waals surface area contributed by atoms with Crippen LogP contribution in [0.2, 0.25) is 0 Å². The average Bonchev–Trinajstić information content (AvgIpc) is 2.61. The van der Waals surface area contributed by atoms with E-state index in [-0.39, 0.29) is 17.3 Å². The third kappa shape index (κ3) is 4.30. The van der Waals surface area contributed by atoms with E-state index in [9.17, 15) is 10.1 Å². The van der Waals surface area contributed by atoms with Crippen LogP contribution in [-0.2, 0) is 0 Å². The Labute approximate surface area is 156 Å². The van der Waals surface area contributed by atoms with E-state index in [4.69, 9.17) is 4.74 Å². The Morgan fingerprint density at radius 1 is 0.926 bits per heavy atom. The lowest BCUT2D eigenvalue weighted by Gasteiger charge is -2.11. The highest BCUT2D eigenvalue weighted by Gasteiger charge is 2.23. The zero-order valence-corrected chi connectivity index (χ0v) is 15.2. The van der Waals surface area contributed by atoms with Gasteiger partial charge in [-0.1, -0.05) is 6.07 Å². The molecule has 8 heteroatoms. The third-order valence-corrected chi connectivity index (χ3v) is 3.84. The Hall–Kier alpha value is -3.68. The molecule has 3 rings (SSSR count). The van der Waals surface area contributed by atoms with Crippen molar-refractivity contribution in [3.05, 3.63) is 70.0 Å². The molecular weight excluding hydrogens is 346 g/mol. The van der Waals surface area contributed by atoms with Crippen molar-refractivity contribution in [2.24, 2.45) is 0 Å². The molecule has 0 atom stereocenters. The zero-order chi connectivity index (χ0) is 19.4. The van der Waals surface area contributed by atoms with Gasteiger partial charge in [-0.05, 0) is 61.4 Å². The van der Waals surface area contributed by atoms with Crippen LogP contribution in [-0.4, -0.2) is 22.0 Å². The molecule has 1 aromatic heterocycles. The number of rotatable bonds is 6. The van der Waals surface area contributed by atoms with Gasteiger partial charge in [0.1, 0.15) is 12.1 Å². The summed E-state index contributed by atoms with van der Waals surface area (Å²) in [7, 11) is 1.57. The van der Waals surface area contributed by atoms with E-state index in [1.165, 1.54) is 6.33 Å². The number of hydrogen-bond donors (Lipinski definition) is 2. The predicted octanol–water partition coefficient (Wildman–Crippen LogP) is 4.50. The number of methoxy groups -OCH3 is 1. The molecule has 0 unspecified atom stereocenters. The summed E-state index contributed by atoms with van der Waals surface area (Å²) in [5.74, 6) is 0.915. The number of aromatic nitrogens is 2. The van der Waals surface area contributed by atoms with Crippen LogP contribution in [0, 0.1) is 24.0 Å². The number of anilines is 4. The standard InChI is InChI=1S/C19H19N5O3/c1-12-8-13(2)10-15(9-12)23-19-17(24(25)26)18(20-11-21-19)22-14-4-6-16(27-3)7-5-14/h4-11H,1-3H3,(H2,20,21,22,23). The van der Waals surface area contributed by atoms with Crippen molar-refractivity contribution in [2.75, 3.05) is 17.7 Å². The van der Waals surface area contributed by atoms with Crippen molar-refractivity contribution in [1.82, 2.24) is 9.97 Å². The molecule has 0 spiro atoms. The summed E-state index contributed by atoms with van der Waals surface area (Å²) in [4.78, 5) is 19.3. The van der Waals surface area contributed by atoms with Gasteiger partial charge in [-0.15, -0.1) is 0 Å². The van der Waals surface area contributed by atoms with E-state index in [1.807, 2.05) is 32.0 Å². The smallest absolute Gasteiger partial charge is 0.353 e. The highest BCUT2D eigenvalue weighted by Crippen LogP contribution is 2.33. The van der Waals surface area contributed by atoms with Crippen molar-refractivity contribution in [3.8, 4) is 5.75 Å². The molecule has 0 amide bonds. The molecule has 0 aliphatic carbocycles. The van der Waals surface area contributed by atoms with Gasteiger partial charge in [0, 0.05) is 11.4 Å². The first kappa shape index (κ1) is 18.1. The topological polar surface area (TPSA) is 102 Å². The molecule has 8 nitrogen and oxygen atoms in total. The molecule has 0 saturated heterocycles. The summed E-state index contributed by atoms with van der Waals surface area (Å²) < 4.78 is 5.11. The van der Waals surface area contributed by atoms with Gasteiger partial charge in [-0.3, -0.25) is 10.1 Å². The van der Waals surface area contributed by atoms with Gasteiger partial charge in [0.25, 0.3) is 0 Å². The highest BCUT2D eigenvalue weighted by molar-refractivity contribution is 5.77. The Kier molecular flexibility index (Phi) is 5.16. The molecule has 2 N–H and O–H groups in total. The van der Waals surface area contributed by atoms with Crippen LogP contribution < -0.4 is 15.4 Å². The number of nitrogens with one attached hydrogen (secondary N) is 2. The van der Waals surface area contributed by atoms with Gasteiger partial charge >= 0.3 is 5.69 Å². The zero-order valence-electron chi connectivity index (χ0n) is 15.2. The van der Waals surface area contributed by atoms with Gasteiger partial charge < -0.3 is 15.4 Å². The molecular formula is C19H19N5O3. The van der Waals surface area contributed by atoms with E-state index in [1.54, 1.807) is 31.4 Å². The average molecular weight is 365 g/mol. The fourth-order valence-electron chi connectivity index (χ4n) is 2.73.